The SMILES string of the molecule is CCOC(=O)Cc1ccc(NC(=O)C2CCN(S(=O)(=O)c3ccc(OCC)c(C)c3)CC2)cc1. The summed E-state index contributed by atoms with van der Waals surface area (Å²) in [5.41, 5.74) is 2.21. The molecular formula is C25H32N2O6S. The van der Waals surface area contributed by atoms with E-state index in [-0.39, 0.29) is 42.2 Å². The average molecular weight is 489 g/mol. The van der Waals surface area contributed by atoms with Crippen molar-refractivity contribution >= 4 is 27.6 Å². The van der Waals surface area contributed by atoms with Crippen molar-refractivity contribution < 1.29 is 27.5 Å². The number of nitrogens with zero attached hydrogens (tertiary/aromatic N) is 1. The van der Waals surface area contributed by atoms with Crippen molar-refractivity contribution in [3.63, 3.8) is 0 Å². The predicted octanol–water partition coefficient (Wildman–Crippen LogP) is 3.54. The Balaban J connectivity index is 1.55. The molecule has 184 valence electrons. The third-order valence-corrected chi connectivity index (χ3v) is 7.68. The van der Waals surface area contributed by atoms with Crippen LogP contribution >= 0.6 is 0 Å². The number of carbonyl (C=O) groups excluding carboxylic acids is 2. The van der Waals surface area contributed by atoms with Crippen LogP contribution in [0.4, 0.5) is 5.69 Å². The van der Waals surface area contributed by atoms with Gasteiger partial charge in [-0.05, 0) is 75.1 Å². The van der Waals surface area contributed by atoms with E-state index in [0.29, 0.717) is 37.5 Å². The summed E-state index contributed by atoms with van der Waals surface area (Å²) in [6.07, 6.45) is 1.08. The zero-order valence-electron chi connectivity index (χ0n) is 19.9. The third-order valence-electron chi connectivity index (χ3n) is 5.78. The first-order valence-electron chi connectivity index (χ1n) is 11.5. The number of esters is 1. The summed E-state index contributed by atoms with van der Waals surface area (Å²) in [5, 5.41) is 2.89. The monoisotopic (exact) mass is 488 g/mol. The lowest BCUT2D eigenvalue weighted by Crippen LogP contribution is -2.41. The number of anilines is 1. The number of nitrogens with one attached hydrogen (secondary N) is 1. The normalized spacial score (nSPS) is 15.0. The molecule has 0 saturated carbocycles. The Morgan fingerprint density at radius 1 is 1.03 bits per heavy atom. The predicted molar refractivity (Wildman–Crippen MR) is 129 cm³/mol. The molecule has 2 aromatic carbocycles. The van der Waals surface area contributed by atoms with Crippen molar-refractivity contribution in [3.8, 4) is 5.75 Å². The molecule has 1 saturated heterocycles. The molecule has 1 amide bonds. The Kier molecular flexibility index (Phi) is 8.68. The van der Waals surface area contributed by atoms with E-state index >= 15 is 0 Å². The van der Waals surface area contributed by atoms with E-state index < -0.39 is 10.0 Å². The van der Waals surface area contributed by atoms with E-state index in [1.54, 1.807) is 49.4 Å². The van der Waals surface area contributed by atoms with Gasteiger partial charge in [-0.3, -0.25) is 9.59 Å². The number of benzene rings is 2. The van der Waals surface area contributed by atoms with Crippen LogP contribution in [-0.2, 0) is 30.8 Å². The molecule has 3 rings (SSSR count). The number of rotatable bonds is 9. The van der Waals surface area contributed by atoms with Gasteiger partial charge in [0.05, 0.1) is 24.5 Å². The van der Waals surface area contributed by atoms with Gasteiger partial charge in [-0.2, -0.15) is 4.31 Å². The summed E-state index contributed by atoms with van der Waals surface area (Å²) >= 11 is 0. The molecule has 2 aromatic rings. The highest BCUT2D eigenvalue weighted by Crippen LogP contribution is 2.28. The first-order chi connectivity index (χ1) is 16.2. The molecule has 34 heavy (non-hydrogen) atoms. The number of aryl methyl sites for hydroxylation is 1. The fourth-order valence-electron chi connectivity index (χ4n) is 3.94. The molecule has 1 aliphatic rings. The molecule has 0 aliphatic carbocycles. The molecule has 8 nitrogen and oxygen atoms in total. The standard InChI is InChI=1S/C25H32N2O6S/c1-4-32-23-11-10-22(16-18(23)3)34(30,31)27-14-12-20(13-15-27)25(29)26-21-8-6-19(7-9-21)17-24(28)33-5-2/h6-11,16,20H,4-5,12-15,17H2,1-3H3,(H,26,29). The first-order valence-corrected chi connectivity index (χ1v) is 13.0. The van der Waals surface area contributed by atoms with Crippen LogP contribution < -0.4 is 10.1 Å². The highest BCUT2D eigenvalue weighted by atomic mass is 32.2. The maximum absolute atomic E-state index is 13.1. The number of hydrogen-bond donors (Lipinski definition) is 1. The molecule has 0 aromatic heterocycles. The highest BCUT2D eigenvalue weighted by molar-refractivity contribution is 7.89. The minimum absolute atomic E-state index is 0.132. The first kappa shape index (κ1) is 25.7. The molecule has 0 bridgehead atoms. The molecule has 0 atom stereocenters. The second kappa shape index (κ2) is 11.5. The number of ether oxygens (including phenoxy) is 2. The van der Waals surface area contributed by atoms with Crippen molar-refractivity contribution in [1.82, 2.24) is 4.31 Å². The molecule has 0 unspecified atom stereocenters. The number of carbonyl (C=O) groups is 2. The Hall–Kier alpha value is -2.91. The van der Waals surface area contributed by atoms with Crippen LogP contribution in [0.3, 0.4) is 0 Å². The summed E-state index contributed by atoms with van der Waals surface area (Å²) in [6, 6.07) is 11.9. The summed E-state index contributed by atoms with van der Waals surface area (Å²) in [5.74, 6) is -0.0213. The number of piperidine rings is 1. The van der Waals surface area contributed by atoms with E-state index in [4.69, 9.17) is 9.47 Å². The maximum atomic E-state index is 13.1. The topological polar surface area (TPSA) is 102 Å². The molecule has 1 heterocycles. The molecule has 9 heteroatoms. The van der Waals surface area contributed by atoms with Crippen LogP contribution in [0.1, 0.15) is 37.8 Å². The number of hydrogen-bond acceptors (Lipinski definition) is 6. The van der Waals surface area contributed by atoms with Gasteiger partial charge in [-0.15, -0.1) is 0 Å². The molecular weight excluding hydrogens is 456 g/mol. The fourth-order valence-corrected chi connectivity index (χ4v) is 5.49. The van der Waals surface area contributed by atoms with Crippen molar-refractivity contribution in [1.29, 1.82) is 0 Å². The number of amides is 1. The van der Waals surface area contributed by atoms with Crippen molar-refractivity contribution in [2.75, 3.05) is 31.6 Å². The zero-order chi connectivity index (χ0) is 24.7. The van der Waals surface area contributed by atoms with E-state index in [2.05, 4.69) is 5.32 Å². The minimum Gasteiger partial charge on any atom is -0.494 e. The van der Waals surface area contributed by atoms with Gasteiger partial charge < -0.3 is 14.8 Å². The third kappa shape index (κ3) is 6.36. The van der Waals surface area contributed by atoms with Crippen LogP contribution in [-0.4, -0.2) is 50.9 Å². The maximum Gasteiger partial charge on any atom is 0.310 e. The van der Waals surface area contributed by atoms with Gasteiger partial charge in [-0.25, -0.2) is 8.42 Å². The fraction of sp³-hybridized carbons (Fsp3) is 0.440. The lowest BCUT2D eigenvalue weighted by molar-refractivity contribution is -0.142. The van der Waals surface area contributed by atoms with Gasteiger partial charge in [0.1, 0.15) is 5.75 Å². The summed E-state index contributed by atoms with van der Waals surface area (Å²) in [4.78, 5) is 24.5. The lowest BCUT2D eigenvalue weighted by Gasteiger charge is -2.30. The van der Waals surface area contributed by atoms with Gasteiger partial charge in [0, 0.05) is 24.7 Å². The van der Waals surface area contributed by atoms with E-state index in [1.165, 1.54) is 4.31 Å². The van der Waals surface area contributed by atoms with E-state index in [0.717, 1.165) is 11.1 Å². The Bertz CT molecular complexity index is 1110. The van der Waals surface area contributed by atoms with Gasteiger partial charge in [0.15, 0.2) is 0 Å². The van der Waals surface area contributed by atoms with Crippen LogP contribution in [0.2, 0.25) is 0 Å². The highest BCUT2D eigenvalue weighted by Gasteiger charge is 2.32. The quantitative estimate of drug-likeness (QED) is 0.542. The second-order valence-electron chi connectivity index (χ2n) is 8.21. The summed E-state index contributed by atoms with van der Waals surface area (Å²) in [6.45, 7) is 6.89. The second-order valence-corrected chi connectivity index (χ2v) is 10.1. The van der Waals surface area contributed by atoms with Crippen molar-refractivity contribution in [2.45, 2.75) is 44.9 Å². The van der Waals surface area contributed by atoms with Crippen LogP contribution in [0.5, 0.6) is 5.75 Å². The van der Waals surface area contributed by atoms with Crippen LogP contribution in [0, 0.1) is 12.8 Å². The van der Waals surface area contributed by atoms with Crippen molar-refractivity contribution in [3.05, 3.63) is 53.6 Å². The van der Waals surface area contributed by atoms with Gasteiger partial charge >= 0.3 is 5.97 Å². The summed E-state index contributed by atoms with van der Waals surface area (Å²) < 4.78 is 38.0. The van der Waals surface area contributed by atoms with Crippen molar-refractivity contribution in [2.24, 2.45) is 5.92 Å². The Morgan fingerprint density at radius 2 is 1.71 bits per heavy atom. The number of sulfonamides is 1. The smallest absolute Gasteiger partial charge is 0.310 e. The van der Waals surface area contributed by atoms with Gasteiger partial charge in [0.2, 0.25) is 15.9 Å². The Labute approximate surface area is 201 Å². The molecule has 0 spiro atoms. The lowest BCUT2D eigenvalue weighted by atomic mass is 9.97. The zero-order valence-corrected chi connectivity index (χ0v) is 20.7. The molecule has 1 aliphatic heterocycles. The molecule has 1 N–H and O–H groups in total. The van der Waals surface area contributed by atoms with E-state index in [1.807, 2.05) is 13.8 Å². The molecule has 1 fully saturated rings. The molecule has 0 radical (unpaired) electrons. The van der Waals surface area contributed by atoms with Crippen LogP contribution in [0.15, 0.2) is 47.4 Å². The van der Waals surface area contributed by atoms with Gasteiger partial charge in [-0.1, -0.05) is 12.1 Å². The minimum atomic E-state index is -3.63. The van der Waals surface area contributed by atoms with E-state index in [9.17, 15) is 18.0 Å². The largest absolute Gasteiger partial charge is 0.494 e. The van der Waals surface area contributed by atoms with Gasteiger partial charge in [0.25, 0.3) is 0 Å². The van der Waals surface area contributed by atoms with Crippen LogP contribution in [0.25, 0.3) is 0 Å². The average Bonchev–Trinajstić information content (AvgIpc) is 2.82. The Morgan fingerprint density at radius 3 is 2.29 bits per heavy atom. The summed E-state index contributed by atoms with van der Waals surface area (Å²) in [7, 11) is -3.63.